The molecule has 0 bridgehead atoms. The fourth-order valence-electron chi connectivity index (χ4n) is 1.85. The Bertz CT molecular complexity index is 581. The van der Waals surface area contributed by atoms with Crippen molar-refractivity contribution < 1.29 is 9.32 Å². The van der Waals surface area contributed by atoms with Crippen LogP contribution in [0.3, 0.4) is 0 Å². The largest absolute Gasteiger partial charge is 0.361 e. The van der Waals surface area contributed by atoms with Crippen LogP contribution in [0.5, 0.6) is 0 Å². The smallest absolute Gasteiger partial charge is 0.315 e. The van der Waals surface area contributed by atoms with E-state index in [1.165, 1.54) is 0 Å². The summed E-state index contributed by atoms with van der Waals surface area (Å²) < 4.78 is 5.10. The Morgan fingerprint density at radius 3 is 2.71 bits per heavy atom. The van der Waals surface area contributed by atoms with Crippen LogP contribution < -0.4 is 10.6 Å². The summed E-state index contributed by atoms with van der Waals surface area (Å²) in [5.41, 5.74) is 1.88. The normalized spacial score (nSPS) is 10.4. The molecule has 5 nitrogen and oxygen atoms in total. The van der Waals surface area contributed by atoms with Gasteiger partial charge in [-0.1, -0.05) is 28.9 Å². The molecular weight excluding hydrogens is 290 g/mol. The van der Waals surface area contributed by atoms with E-state index in [1.54, 1.807) is 12.1 Å². The second-order valence-electron chi connectivity index (χ2n) is 4.77. The van der Waals surface area contributed by atoms with E-state index in [4.69, 9.17) is 16.1 Å². The van der Waals surface area contributed by atoms with E-state index >= 15 is 0 Å². The second kappa shape index (κ2) is 7.69. The van der Waals surface area contributed by atoms with E-state index in [-0.39, 0.29) is 6.03 Å². The molecule has 0 aliphatic heterocycles. The number of nitrogens with one attached hydrogen (secondary N) is 2. The molecule has 0 radical (unpaired) electrons. The molecule has 0 atom stereocenters. The molecule has 0 saturated carbocycles. The Balaban J connectivity index is 1.60. The van der Waals surface area contributed by atoms with E-state index in [1.807, 2.05) is 25.1 Å². The van der Waals surface area contributed by atoms with Crippen LogP contribution in [-0.4, -0.2) is 17.7 Å². The highest BCUT2D eigenvalue weighted by molar-refractivity contribution is 6.30. The second-order valence-corrected chi connectivity index (χ2v) is 5.21. The average Bonchev–Trinajstić information content (AvgIpc) is 2.89. The number of halogens is 1. The van der Waals surface area contributed by atoms with Gasteiger partial charge in [-0.15, -0.1) is 0 Å². The van der Waals surface area contributed by atoms with E-state index in [0.29, 0.717) is 18.1 Å². The van der Waals surface area contributed by atoms with Gasteiger partial charge in [-0.25, -0.2) is 4.79 Å². The summed E-state index contributed by atoms with van der Waals surface area (Å²) in [7, 11) is 0. The van der Waals surface area contributed by atoms with Crippen LogP contribution in [0.15, 0.2) is 34.9 Å². The number of aryl methyl sites for hydroxylation is 2. The van der Waals surface area contributed by atoms with Gasteiger partial charge in [0.15, 0.2) is 0 Å². The van der Waals surface area contributed by atoms with Crippen LogP contribution in [-0.2, 0) is 13.0 Å². The Morgan fingerprint density at radius 2 is 2.05 bits per heavy atom. The average molecular weight is 308 g/mol. The zero-order valence-electron chi connectivity index (χ0n) is 11.9. The molecule has 2 rings (SSSR count). The van der Waals surface area contributed by atoms with Crippen molar-refractivity contribution in [1.82, 2.24) is 15.8 Å². The lowest BCUT2D eigenvalue weighted by Crippen LogP contribution is -2.35. The van der Waals surface area contributed by atoms with Gasteiger partial charge < -0.3 is 15.2 Å². The minimum absolute atomic E-state index is 0.182. The number of amides is 2. The minimum atomic E-state index is -0.182. The first-order valence-electron chi connectivity index (χ1n) is 6.82. The molecule has 2 N–H and O–H groups in total. The van der Waals surface area contributed by atoms with Crippen molar-refractivity contribution >= 4 is 17.6 Å². The van der Waals surface area contributed by atoms with Crippen LogP contribution >= 0.6 is 11.6 Å². The number of nitrogens with zero attached hydrogens (tertiary/aromatic N) is 1. The molecule has 0 fully saturated rings. The topological polar surface area (TPSA) is 67.2 Å². The third kappa shape index (κ3) is 5.47. The molecule has 112 valence electrons. The van der Waals surface area contributed by atoms with Gasteiger partial charge in [-0.3, -0.25) is 0 Å². The standard InChI is InChI=1S/C15H18ClN3O2/c1-11-9-14(21-19-11)3-2-8-17-15(20)18-10-12-4-6-13(16)7-5-12/h4-7,9H,2-3,8,10H2,1H3,(H2,17,18,20). The zero-order valence-corrected chi connectivity index (χ0v) is 12.6. The summed E-state index contributed by atoms with van der Waals surface area (Å²) in [4.78, 5) is 11.6. The summed E-state index contributed by atoms with van der Waals surface area (Å²) in [6.45, 7) is 2.95. The van der Waals surface area contributed by atoms with Crippen molar-refractivity contribution in [2.45, 2.75) is 26.3 Å². The lowest BCUT2D eigenvalue weighted by molar-refractivity contribution is 0.240. The van der Waals surface area contributed by atoms with Crippen LogP contribution in [0.4, 0.5) is 4.79 Å². The molecule has 1 aromatic heterocycles. The lowest BCUT2D eigenvalue weighted by Gasteiger charge is -2.07. The fraction of sp³-hybridized carbons (Fsp3) is 0.333. The maximum atomic E-state index is 11.6. The first-order chi connectivity index (χ1) is 10.1. The highest BCUT2D eigenvalue weighted by atomic mass is 35.5. The Hall–Kier alpha value is -2.01. The molecule has 0 spiro atoms. The maximum Gasteiger partial charge on any atom is 0.315 e. The quantitative estimate of drug-likeness (QED) is 0.806. The van der Waals surface area contributed by atoms with Crippen LogP contribution in [0.1, 0.15) is 23.4 Å². The lowest BCUT2D eigenvalue weighted by atomic mass is 10.2. The molecule has 6 heteroatoms. The molecular formula is C15H18ClN3O2. The Kier molecular flexibility index (Phi) is 5.63. The summed E-state index contributed by atoms with van der Waals surface area (Å²) in [5.74, 6) is 0.843. The van der Waals surface area contributed by atoms with Gasteiger partial charge in [-0.05, 0) is 31.0 Å². The predicted octanol–water partition coefficient (Wildman–Crippen LogP) is 3.07. The maximum absolute atomic E-state index is 11.6. The monoisotopic (exact) mass is 307 g/mol. The van der Waals surface area contributed by atoms with E-state index < -0.39 is 0 Å². The van der Waals surface area contributed by atoms with Gasteiger partial charge in [0.1, 0.15) is 5.76 Å². The van der Waals surface area contributed by atoms with Gasteiger partial charge in [0.25, 0.3) is 0 Å². The van der Waals surface area contributed by atoms with Gasteiger partial charge in [0.2, 0.25) is 0 Å². The molecule has 0 aliphatic rings. The SMILES string of the molecule is Cc1cc(CCCNC(=O)NCc2ccc(Cl)cc2)on1. The molecule has 0 aliphatic carbocycles. The number of hydrogen-bond donors (Lipinski definition) is 2. The van der Waals surface area contributed by atoms with Crippen LogP contribution in [0, 0.1) is 6.92 Å². The first kappa shape index (κ1) is 15.4. The number of urea groups is 1. The van der Waals surface area contributed by atoms with Crippen molar-refractivity contribution in [3.05, 3.63) is 52.4 Å². The number of aromatic nitrogens is 1. The molecule has 2 aromatic rings. The predicted molar refractivity (Wildman–Crippen MR) is 81.3 cm³/mol. The summed E-state index contributed by atoms with van der Waals surface area (Å²) in [6, 6.07) is 9.09. The third-order valence-electron chi connectivity index (χ3n) is 2.93. The van der Waals surface area contributed by atoms with Crippen molar-refractivity contribution in [2.24, 2.45) is 0 Å². The number of rotatable bonds is 6. The summed E-state index contributed by atoms with van der Waals surface area (Å²) in [6.07, 6.45) is 1.57. The fourth-order valence-corrected chi connectivity index (χ4v) is 1.97. The minimum Gasteiger partial charge on any atom is -0.361 e. The Morgan fingerprint density at radius 1 is 1.29 bits per heavy atom. The van der Waals surface area contributed by atoms with Gasteiger partial charge in [0.05, 0.1) is 5.69 Å². The molecule has 1 aromatic carbocycles. The summed E-state index contributed by atoms with van der Waals surface area (Å²) >= 11 is 5.80. The van der Waals surface area contributed by atoms with E-state index in [0.717, 1.165) is 29.9 Å². The van der Waals surface area contributed by atoms with E-state index in [9.17, 15) is 4.79 Å². The Labute approximate surface area is 128 Å². The molecule has 21 heavy (non-hydrogen) atoms. The third-order valence-corrected chi connectivity index (χ3v) is 3.18. The summed E-state index contributed by atoms with van der Waals surface area (Å²) in [5, 5.41) is 10.1. The number of carbonyl (C=O) groups is 1. The van der Waals surface area contributed by atoms with Crippen molar-refractivity contribution in [3.63, 3.8) is 0 Å². The highest BCUT2D eigenvalue weighted by Gasteiger charge is 2.02. The molecule has 1 heterocycles. The zero-order chi connectivity index (χ0) is 15.1. The van der Waals surface area contributed by atoms with Gasteiger partial charge in [0, 0.05) is 30.6 Å². The highest BCUT2D eigenvalue weighted by Crippen LogP contribution is 2.09. The van der Waals surface area contributed by atoms with Crippen LogP contribution in [0.2, 0.25) is 5.02 Å². The first-order valence-corrected chi connectivity index (χ1v) is 7.19. The number of carbonyl (C=O) groups excluding carboxylic acids is 1. The van der Waals surface area contributed by atoms with Crippen molar-refractivity contribution in [3.8, 4) is 0 Å². The van der Waals surface area contributed by atoms with Crippen molar-refractivity contribution in [2.75, 3.05) is 6.54 Å². The van der Waals surface area contributed by atoms with Gasteiger partial charge in [-0.2, -0.15) is 0 Å². The molecule has 0 saturated heterocycles. The molecule has 2 amide bonds. The van der Waals surface area contributed by atoms with E-state index in [2.05, 4.69) is 15.8 Å². The van der Waals surface area contributed by atoms with Crippen molar-refractivity contribution in [1.29, 1.82) is 0 Å². The van der Waals surface area contributed by atoms with Gasteiger partial charge >= 0.3 is 6.03 Å². The number of hydrogen-bond acceptors (Lipinski definition) is 3. The van der Waals surface area contributed by atoms with Crippen LogP contribution in [0.25, 0.3) is 0 Å². The molecule has 0 unspecified atom stereocenters. The number of benzene rings is 1.